The van der Waals surface area contributed by atoms with Crippen molar-refractivity contribution in [2.24, 2.45) is 0 Å². The Hall–Kier alpha value is -2.21. The molecular weight excluding hydrogens is 282 g/mol. The Morgan fingerprint density at radius 3 is 2.62 bits per heavy atom. The highest BCUT2D eigenvalue weighted by Gasteiger charge is 2.16. The fourth-order valence-electron chi connectivity index (χ4n) is 2.37. The number of benzene rings is 1. The lowest BCUT2D eigenvalue weighted by molar-refractivity contribution is 0.793. The summed E-state index contributed by atoms with van der Waals surface area (Å²) < 4.78 is 1.96. The van der Waals surface area contributed by atoms with Crippen LogP contribution < -0.4 is 5.73 Å². The third kappa shape index (κ3) is 2.42. The van der Waals surface area contributed by atoms with Gasteiger partial charge >= 0.3 is 0 Å². The second-order valence-corrected chi connectivity index (χ2v) is 6.22. The number of aromatic nitrogens is 4. The molecule has 108 valence electrons. The van der Waals surface area contributed by atoms with Crippen LogP contribution in [0.5, 0.6) is 0 Å². The van der Waals surface area contributed by atoms with E-state index in [9.17, 15) is 0 Å². The van der Waals surface area contributed by atoms with Crippen molar-refractivity contribution in [3.05, 3.63) is 41.7 Å². The van der Waals surface area contributed by atoms with E-state index < -0.39 is 0 Å². The minimum Gasteiger partial charge on any atom is -0.374 e. The Morgan fingerprint density at radius 2 is 1.95 bits per heavy atom. The Labute approximate surface area is 127 Å². The van der Waals surface area contributed by atoms with Crippen LogP contribution in [0.25, 0.3) is 16.3 Å². The van der Waals surface area contributed by atoms with E-state index in [0.29, 0.717) is 11.0 Å². The minimum atomic E-state index is 0.436. The third-order valence-corrected chi connectivity index (χ3v) is 4.25. The summed E-state index contributed by atoms with van der Waals surface area (Å²) in [5, 5.41) is 13.8. The van der Waals surface area contributed by atoms with Crippen LogP contribution in [-0.2, 0) is 0 Å². The van der Waals surface area contributed by atoms with Crippen molar-refractivity contribution in [3.63, 3.8) is 0 Å². The SMILES string of the molecule is Cc1c(-c2nnc(N)s2)cnn1-c1ccccc1C(C)C. The predicted octanol–water partition coefficient (Wildman–Crippen LogP) is 3.40. The second kappa shape index (κ2) is 5.29. The standard InChI is InChI=1S/C15H17N5S/c1-9(2)11-6-4-5-7-13(11)20-10(3)12(8-17-20)14-18-19-15(16)21-14/h4-9H,1-3H3,(H2,16,19). The molecule has 0 saturated carbocycles. The first-order chi connectivity index (χ1) is 10.1. The van der Waals surface area contributed by atoms with E-state index in [0.717, 1.165) is 22.0 Å². The predicted molar refractivity (Wildman–Crippen MR) is 85.7 cm³/mol. The maximum Gasteiger partial charge on any atom is 0.203 e. The van der Waals surface area contributed by atoms with E-state index in [-0.39, 0.29) is 0 Å². The summed E-state index contributed by atoms with van der Waals surface area (Å²) in [6.07, 6.45) is 1.83. The van der Waals surface area contributed by atoms with Gasteiger partial charge in [0.25, 0.3) is 0 Å². The van der Waals surface area contributed by atoms with E-state index in [2.05, 4.69) is 47.3 Å². The van der Waals surface area contributed by atoms with Crippen LogP contribution in [0.1, 0.15) is 31.0 Å². The number of para-hydroxylation sites is 1. The highest BCUT2D eigenvalue weighted by molar-refractivity contribution is 7.18. The molecule has 0 fully saturated rings. The average molecular weight is 299 g/mol. The summed E-state index contributed by atoms with van der Waals surface area (Å²) in [6.45, 7) is 6.41. The van der Waals surface area contributed by atoms with Crippen LogP contribution in [0.3, 0.4) is 0 Å². The van der Waals surface area contributed by atoms with Gasteiger partial charge in [-0.1, -0.05) is 43.4 Å². The van der Waals surface area contributed by atoms with Gasteiger partial charge in [-0.15, -0.1) is 10.2 Å². The molecule has 0 aliphatic heterocycles. The van der Waals surface area contributed by atoms with Crippen molar-refractivity contribution >= 4 is 16.5 Å². The van der Waals surface area contributed by atoms with Crippen molar-refractivity contribution in [3.8, 4) is 16.3 Å². The number of hydrogen-bond donors (Lipinski definition) is 1. The Balaban J connectivity index is 2.12. The first kappa shape index (κ1) is 13.8. The number of nitrogen functional groups attached to an aromatic ring is 1. The Bertz CT molecular complexity index is 772. The van der Waals surface area contributed by atoms with Crippen LogP contribution >= 0.6 is 11.3 Å². The van der Waals surface area contributed by atoms with Crippen molar-refractivity contribution in [2.75, 3.05) is 5.73 Å². The number of hydrogen-bond acceptors (Lipinski definition) is 5. The molecule has 0 unspecified atom stereocenters. The monoisotopic (exact) mass is 299 g/mol. The molecule has 3 aromatic rings. The van der Waals surface area contributed by atoms with Gasteiger partial charge < -0.3 is 5.73 Å². The topological polar surface area (TPSA) is 69.6 Å². The van der Waals surface area contributed by atoms with Gasteiger partial charge in [-0.05, 0) is 24.5 Å². The highest BCUT2D eigenvalue weighted by atomic mass is 32.1. The van der Waals surface area contributed by atoms with Gasteiger partial charge in [0.15, 0.2) is 5.01 Å². The molecule has 1 aromatic carbocycles. The number of nitrogens with zero attached hydrogens (tertiary/aromatic N) is 4. The van der Waals surface area contributed by atoms with E-state index in [1.165, 1.54) is 16.9 Å². The molecule has 0 aliphatic carbocycles. The molecule has 0 bridgehead atoms. The molecule has 0 aliphatic rings. The number of anilines is 1. The van der Waals surface area contributed by atoms with Crippen LogP contribution in [0.15, 0.2) is 30.5 Å². The van der Waals surface area contributed by atoms with Gasteiger partial charge in [0.2, 0.25) is 5.13 Å². The Morgan fingerprint density at radius 1 is 1.19 bits per heavy atom. The van der Waals surface area contributed by atoms with Gasteiger partial charge in [0.1, 0.15) is 0 Å². The number of rotatable bonds is 3. The van der Waals surface area contributed by atoms with Crippen molar-refractivity contribution in [2.45, 2.75) is 26.7 Å². The molecule has 2 heterocycles. The van der Waals surface area contributed by atoms with Gasteiger partial charge in [-0.3, -0.25) is 0 Å². The normalized spacial score (nSPS) is 11.2. The molecule has 5 nitrogen and oxygen atoms in total. The smallest absolute Gasteiger partial charge is 0.203 e. The van der Waals surface area contributed by atoms with Crippen LogP contribution in [-0.4, -0.2) is 20.0 Å². The van der Waals surface area contributed by atoms with Crippen molar-refractivity contribution < 1.29 is 0 Å². The maximum atomic E-state index is 5.67. The lowest BCUT2D eigenvalue weighted by Crippen LogP contribution is -2.04. The Kier molecular flexibility index (Phi) is 3.47. The van der Waals surface area contributed by atoms with Gasteiger partial charge in [-0.25, -0.2) is 4.68 Å². The minimum absolute atomic E-state index is 0.436. The highest BCUT2D eigenvalue weighted by Crippen LogP contribution is 2.30. The van der Waals surface area contributed by atoms with E-state index in [1.807, 2.05) is 23.9 Å². The zero-order valence-corrected chi connectivity index (χ0v) is 13.1. The summed E-state index contributed by atoms with van der Waals surface area (Å²) >= 11 is 1.38. The van der Waals surface area contributed by atoms with E-state index in [4.69, 9.17) is 5.73 Å². The summed E-state index contributed by atoms with van der Waals surface area (Å²) in [7, 11) is 0. The molecule has 0 spiro atoms. The summed E-state index contributed by atoms with van der Waals surface area (Å²) in [5.41, 5.74) is 10.1. The van der Waals surface area contributed by atoms with Gasteiger partial charge in [0.05, 0.1) is 23.1 Å². The molecule has 0 atom stereocenters. The number of nitrogens with two attached hydrogens (primary N) is 1. The van der Waals surface area contributed by atoms with E-state index >= 15 is 0 Å². The lowest BCUT2D eigenvalue weighted by atomic mass is 10.0. The lowest BCUT2D eigenvalue weighted by Gasteiger charge is -2.13. The fraction of sp³-hybridized carbons (Fsp3) is 0.267. The third-order valence-electron chi connectivity index (χ3n) is 3.47. The quantitative estimate of drug-likeness (QED) is 0.804. The maximum absolute atomic E-state index is 5.67. The summed E-state index contributed by atoms with van der Waals surface area (Å²) in [4.78, 5) is 0. The van der Waals surface area contributed by atoms with Crippen molar-refractivity contribution in [1.29, 1.82) is 0 Å². The van der Waals surface area contributed by atoms with E-state index in [1.54, 1.807) is 0 Å². The first-order valence-corrected chi connectivity index (χ1v) is 7.63. The second-order valence-electron chi connectivity index (χ2n) is 5.21. The van der Waals surface area contributed by atoms with Gasteiger partial charge in [-0.2, -0.15) is 5.10 Å². The molecule has 2 aromatic heterocycles. The molecule has 0 amide bonds. The molecule has 6 heteroatoms. The average Bonchev–Trinajstić information content (AvgIpc) is 3.04. The van der Waals surface area contributed by atoms with Crippen LogP contribution in [0.2, 0.25) is 0 Å². The fourth-order valence-corrected chi connectivity index (χ4v) is 3.05. The zero-order chi connectivity index (χ0) is 15.0. The molecule has 2 N–H and O–H groups in total. The summed E-state index contributed by atoms with van der Waals surface area (Å²) in [6, 6.07) is 8.33. The zero-order valence-electron chi connectivity index (χ0n) is 12.2. The molecular formula is C15H17N5S. The molecule has 21 heavy (non-hydrogen) atoms. The molecule has 3 rings (SSSR count). The molecule has 0 saturated heterocycles. The first-order valence-electron chi connectivity index (χ1n) is 6.81. The van der Waals surface area contributed by atoms with Crippen LogP contribution in [0, 0.1) is 6.92 Å². The molecule has 0 radical (unpaired) electrons. The summed E-state index contributed by atoms with van der Waals surface area (Å²) in [5.74, 6) is 0.436. The largest absolute Gasteiger partial charge is 0.374 e. The van der Waals surface area contributed by atoms with Crippen LogP contribution in [0.4, 0.5) is 5.13 Å². The van der Waals surface area contributed by atoms with Crippen molar-refractivity contribution in [1.82, 2.24) is 20.0 Å². The van der Waals surface area contributed by atoms with Gasteiger partial charge in [0, 0.05) is 0 Å².